The topological polar surface area (TPSA) is 70.5 Å². The van der Waals surface area contributed by atoms with Crippen molar-refractivity contribution in [2.45, 2.75) is 26.8 Å². The van der Waals surface area contributed by atoms with Gasteiger partial charge >= 0.3 is 0 Å². The van der Waals surface area contributed by atoms with E-state index in [1.807, 2.05) is 24.3 Å². The molecule has 1 fully saturated rings. The van der Waals surface area contributed by atoms with Crippen molar-refractivity contribution in [2.24, 2.45) is 0 Å². The maximum atomic E-state index is 12.4. The lowest BCUT2D eigenvalue weighted by Gasteiger charge is -2.33. The largest absolute Gasteiger partial charge is 0.355 e. The van der Waals surface area contributed by atoms with Crippen molar-refractivity contribution in [3.63, 3.8) is 0 Å². The smallest absolute Gasteiger partial charge is 0.272 e. The average molecular weight is 371 g/mol. The lowest BCUT2D eigenvalue weighted by Crippen LogP contribution is -2.48. The van der Waals surface area contributed by atoms with Crippen LogP contribution in [0, 0.1) is 6.92 Å². The van der Waals surface area contributed by atoms with E-state index >= 15 is 0 Å². The molecule has 0 unspecified atom stereocenters. The highest BCUT2D eigenvalue weighted by Gasteiger charge is 2.15. The van der Waals surface area contributed by atoms with Gasteiger partial charge in [0.15, 0.2) is 0 Å². The summed E-state index contributed by atoms with van der Waals surface area (Å²) in [5, 5.41) is 2.98. The highest BCUT2D eigenvalue weighted by atomic mass is 16.2. The van der Waals surface area contributed by atoms with E-state index in [1.165, 1.54) is 0 Å². The van der Waals surface area contributed by atoms with E-state index in [-0.39, 0.29) is 17.9 Å². The van der Waals surface area contributed by atoms with Crippen LogP contribution < -0.4 is 10.9 Å². The van der Waals surface area contributed by atoms with Gasteiger partial charge < -0.3 is 14.8 Å². The number of likely N-dealkylation sites (N-methyl/N-ethyl adjacent to an activating group) is 1. The van der Waals surface area contributed by atoms with Gasteiger partial charge in [-0.25, -0.2) is 4.98 Å². The van der Waals surface area contributed by atoms with E-state index in [0.717, 1.165) is 50.3 Å². The van der Waals surface area contributed by atoms with Crippen molar-refractivity contribution < 1.29 is 4.79 Å². The van der Waals surface area contributed by atoms with Gasteiger partial charge in [0, 0.05) is 52.2 Å². The highest BCUT2D eigenvalue weighted by Crippen LogP contribution is 2.10. The van der Waals surface area contributed by atoms with Gasteiger partial charge in [0.25, 0.3) is 5.56 Å². The van der Waals surface area contributed by atoms with Gasteiger partial charge in [0.2, 0.25) is 5.91 Å². The average Bonchev–Trinajstić information content (AvgIpc) is 2.69. The molecule has 0 atom stereocenters. The van der Waals surface area contributed by atoms with E-state index in [9.17, 15) is 9.59 Å². The zero-order valence-corrected chi connectivity index (χ0v) is 16.3. The van der Waals surface area contributed by atoms with Gasteiger partial charge in [-0.15, -0.1) is 0 Å². The van der Waals surface area contributed by atoms with E-state index in [4.69, 9.17) is 0 Å². The standard InChI is InChI=1S/C20H29N5O2/c1-3-23-12-14-24(15-13-23)11-9-21-19(26)8-10-25-18-7-5-4-6-17(18)22-16(2)20(25)27/h4-7H,3,8-15H2,1-2H3,(H,21,26). The number of piperazine rings is 1. The first-order valence-electron chi connectivity index (χ1n) is 9.76. The van der Waals surface area contributed by atoms with Crippen molar-refractivity contribution in [2.75, 3.05) is 45.8 Å². The Hall–Kier alpha value is -2.25. The first kappa shape index (κ1) is 19.5. The number of carbonyl (C=O) groups is 1. The molecule has 0 aliphatic carbocycles. The zero-order valence-electron chi connectivity index (χ0n) is 16.3. The molecule has 7 nitrogen and oxygen atoms in total. The number of aryl methyl sites for hydroxylation is 2. The van der Waals surface area contributed by atoms with E-state index in [1.54, 1.807) is 11.5 Å². The number of carbonyl (C=O) groups excluding carboxylic acids is 1. The van der Waals surface area contributed by atoms with Crippen molar-refractivity contribution in [3.05, 3.63) is 40.3 Å². The number of fused-ring (bicyclic) bond motifs is 1. The molecule has 0 bridgehead atoms. The fourth-order valence-corrected chi connectivity index (χ4v) is 3.53. The molecular weight excluding hydrogens is 342 g/mol. The van der Waals surface area contributed by atoms with Crippen LogP contribution in [0.4, 0.5) is 0 Å². The number of benzene rings is 1. The SMILES string of the molecule is CCN1CCN(CCNC(=O)CCn2c(=O)c(C)nc3ccccc32)CC1. The van der Waals surface area contributed by atoms with Crippen LogP contribution >= 0.6 is 0 Å². The third-order valence-electron chi connectivity index (χ3n) is 5.24. The number of para-hydroxylation sites is 2. The van der Waals surface area contributed by atoms with E-state index in [2.05, 4.69) is 27.0 Å². The fraction of sp³-hybridized carbons (Fsp3) is 0.550. The predicted octanol–water partition coefficient (Wildman–Crippen LogP) is 0.849. The molecule has 27 heavy (non-hydrogen) atoms. The second kappa shape index (κ2) is 9.10. The van der Waals surface area contributed by atoms with Gasteiger partial charge in [0.05, 0.1) is 11.0 Å². The molecule has 1 aromatic heterocycles. The normalized spacial score (nSPS) is 15.9. The van der Waals surface area contributed by atoms with Crippen LogP contribution in [-0.2, 0) is 11.3 Å². The fourth-order valence-electron chi connectivity index (χ4n) is 3.53. The maximum absolute atomic E-state index is 12.4. The first-order valence-corrected chi connectivity index (χ1v) is 9.76. The number of hydrogen-bond donors (Lipinski definition) is 1. The molecule has 7 heteroatoms. The molecule has 2 aromatic rings. The molecule has 0 saturated carbocycles. The second-order valence-electron chi connectivity index (χ2n) is 7.02. The van der Waals surface area contributed by atoms with E-state index in [0.29, 0.717) is 18.8 Å². The Morgan fingerprint density at radius 3 is 2.56 bits per heavy atom. The number of amides is 1. The van der Waals surface area contributed by atoms with Crippen molar-refractivity contribution in [1.29, 1.82) is 0 Å². The minimum absolute atomic E-state index is 0.0207. The Morgan fingerprint density at radius 1 is 1.11 bits per heavy atom. The number of aromatic nitrogens is 2. The van der Waals surface area contributed by atoms with Crippen LogP contribution in [0.25, 0.3) is 11.0 Å². The summed E-state index contributed by atoms with van der Waals surface area (Å²) in [6.07, 6.45) is 0.289. The Labute approximate surface area is 160 Å². The Balaban J connectivity index is 1.49. The van der Waals surface area contributed by atoms with Crippen molar-refractivity contribution >= 4 is 16.9 Å². The van der Waals surface area contributed by atoms with Crippen molar-refractivity contribution in [3.8, 4) is 0 Å². The summed E-state index contributed by atoms with van der Waals surface area (Å²) in [7, 11) is 0. The quantitative estimate of drug-likeness (QED) is 0.781. The van der Waals surface area contributed by atoms with Crippen LogP contribution in [0.5, 0.6) is 0 Å². The summed E-state index contributed by atoms with van der Waals surface area (Å²) in [6, 6.07) is 7.54. The Bertz CT molecular complexity index is 840. The molecule has 1 N–H and O–H groups in total. The molecule has 0 radical (unpaired) electrons. The molecule has 1 aliphatic heterocycles. The molecule has 2 heterocycles. The molecule has 1 aromatic carbocycles. The molecule has 1 amide bonds. The summed E-state index contributed by atoms with van der Waals surface area (Å²) in [5.41, 5.74) is 1.88. The van der Waals surface area contributed by atoms with E-state index < -0.39 is 0 Å². The molecule has 1 aliphatic rings. The van der Waals surface area contributed by atoms with Crippen LogP contribution in [0.3, 0.4) is 0 Å². The molecular formula is C20H29N5O2. The van der Waals surface area contributed by atoms with Gasteiger partial charge in [-0.05, 0) is 25.6 Å². The summed E-state index contributed by atoms with van der Waals surface area (Å²) >= 11 is 0. The van der Waals surface area contributed by atoms with Crippen LogP contribution in [0.1, 0.15) is 19.0 Å². The number of rotatable bonds is 7. The molecule has 1 saturated heterocycles. The summed E-state index contributed by atoms with van der Waals surface area (Å²) in [6.45, 7) is 11.2. The molecule has 3 rings (SSSR count). The van der Waals surface area contributed by atoms with Crippen LogP contribution in [0.2, 0.25) is 0 Å². The Morgan fingerprint density at radius 2 is 1.81 bits per heavy atom. The Kier molecular flexibility index (Phi) is 6.58. The summed E-state index contributed by atoms with van der Waals surface area (Å²) in [4.78, 5) is 33.8. The monoisotopic (exact) mass is 371 g/mol. The van der Waals surface area contributed by atoms with Gasteiger partial charge in [0.1, 0.15) is 5.69 Å². The van der Waals surface area contributed by atoms with Gasteiger partial charge in [-0.3, -0.25) is 14.5 Å². The number of nitrogens with zero attached hydrogens (tertiary/aromatic N) is 4. The van der Waals surface area contributed by atoms with Gasteiger partial charge in [-0.1, -0.05) is 19.1 Å². The highest BCUT2D eigenvalue weighted by molar-refractivity contribution is 5.77. The van der Waals surface area contributed by atoms with Crippen molar-refractivity contribution in [1.82, 2.24) is 24.7 Å². The minimum Gasteiger partial charge on any atom is -0.355 e. The summed E-state index contributed by atoms with van der Waals surface area (Å²) in [5.74, 6) is -0.0207. The first-order chi connectivity index (χ1) is 13.1. The maximum Gasteiger partial charge on any atom is 0.272 e. The number of nitrogens with one attached hydrogen (secondary N) is 1. The van der Waals surface area contributed by atoms with Crippen LogP contribution in [-0.4, -0.2) is 71.1 Å². The minimum atomic E-state index is -0.129. The van der Waals surface area contributed by atoms with Crippen LogP contribution in [0.15, 0.2) is 29.1 Å². The lowest BCUT2D eigenvalue weighted by molar-refractivity contribution is -0.121. The second-order valence-corrected chi connectivity index (χ2v) is 7.02. The molecule has 0 spiro atoms. The zero-order chi connectivity index (χ0) is 19.2. The third kappa shape index (κ3) is 4.93. The summed E-state index contributed by atoms with van der Waals surface area (Å²) < 4.78 is 1.65. The lowest BCUT2D eigenvalue weighted by atomic mass is 10.2. The molecule has 146 valence electrons. The van der Waals surface area contributed by atoms with Gasteiger partial charge in [-0.2, -0.15) is 0 Å². The number of hydrogen-bond acceptors (Lipinski definition) is 5. The third-order valence-corrected chi connectivity index (χ3v) is 5.24. The predicted molar refractivity (Wildman–Crippen MR) is 107 cm³/mol.